The van der Waals surface area contributed by atoms with Crippen LogP contribution in [0.4, 0.5) is 14.5 Å². The average Bonchev–Trinajstić information content (AvgIpc) is 2.58. The van der Waals surface area contributed by atoms with E-state index in [0.717, 1.165) is 30.8 Å². The Hall–Kier alpha value is -2.47. The van der Waals surface area contributed by atoms with Crippen LogP contribution < -0.4 is 15.4 Å². The molecule has 0 saturated carbocycles. The van der Waals surface area contributed by atoms with Crippen LogP contribution in [0.1, 0.15) is 12.0 Å². The van der Waals surface area contributed by atoms with Crippen molar-refractivity contribution in [1.29, 1.82) is 0 Å². The van der Waals surface area contributed by atoms with Gasteiger partial charge in [0, 0.05) is 24.7 Å². The van der Waals surface area contributed by atoms with Gasteiger partial charge in [-0.3, -0.25) is 4.79 Å². The van der Waals surface area contributed by atoms with Crippen LogP contribution in [-0.2, 0) is 11.2 Å². The topological polar surface area (TPSA) is 50.4 Å². The van der Waals surface area contributed by atoms with Crippen LogP contribution in [0.5, 0.6) is 5.75 Å². The first kappa shape index (κ1) is 17.9. The molecule has 0 saturated heterocycles. The second-order valence-electron chi connectivity index (χ2n) is 5.28. The van der Waals surface area contributed by atoms with Crippen molar-refractivity contribution in [2.75, 3.05) is 25.5 Å². The number of halogens is 2. The maximum absolute atomic E-state index is 13.0. The van der Waals surface area contributed by atoms with Gasteiger partial charge in [-0.25, -0.2) is 8.78 Å². The molecule has 0 atom stereocenters. The maximum atomic E-state index is 13.0. The van der Waals surface area contributed by atoms with Gasteiger partial charge in [0.05, 0.1) is 7.11 Å². The second-order valence-corrected chi connectivity index (χ2v) is 5.28. The second kappa shape index (κ2) is 8.98. The van der Waals surface area contributed by atoms with E-state index in [1.807, 2.05) is 24.3 Å². The Morgan fingerprint density at radius 2 is 1.79 bits per heavy atom. The molecule has 4 nitrogen and oxygen atoms in total. The molecule has 2 rings (SSSR count). The Bertz CT molecular complexity index is 675. The lowest BCUT2D eigenvalue weighted by Gasteiger charge is -2.07. The largest absolute Gasteiger partial charge is 0.497 e. The minimum absolute atomic E-state index is 0.247. The lowest BCUT2D eigenvalue weighted by Crippen LogP contribution is -2.23. The number of carbonyl (C=O) groups excluding carboxylic acids is 1. The van der Waals surface area contributed by atoms with Gasteiger partial charge < -0.3 is 15.4 Å². The van der Waals surface area contributed by atoms with Gasteiger partial charge in [-0.1, -0.05) is 12.1 Å². The molecule has 0 radical (unpaired) electrons. The van der Waals surface area contributed by atoms with Gasteiger partial charge in [0.15, 0.2) is 11.6 Å². The number of methoxy groups -OCH3 is 1. The summed E-state index contributed by atoms with van der Waals surface area (Å²) in [5.74, 6) is -1.35. The zero-order chi connectivity index (χ0) is 17.4. The van der Waals surface area contributed by atoms with Gasteiger partial charge >= 0.3 is 0 Å². The van der Waals surface area contributed by atoms with Crippen molar-refractivity contribution in [2.24, 2.45) is 0 Å². The van der Waals surface area contributed by atoms with Gasteiger partial charge in [-0.15, -0.1) is 0 Å². The van der Waals surface area contributed by atoms with Crippen molar-refractivity contribution in [3.63, 3.8) is 0 Å². The highest BCUT2D eigenvalue weighted by Crippen LogP contribution is 2.13. The Morgan fingerprint density at radius 1 is 1.04 bits per heavy atom. The van der Waals surface area contributed by atoms with Crippen LogP contribution in [-0.4, -0.2) is 26.1 Å². The molecular weight excluding hydrogens is 314 g/mol. The van der Waals surface area contributed by atoms with E-state index >= 15 is 0 Å². The van der Waals surface area contributed by atoms with Gasteiger partial charge in [0.2, 0.25) is 5.91 Å². The number of benzene rings is 2. The van der Waals surface area contributed by atoms with Gasteiger partial charge in [-0.05, 0) is 42.8 Å². The van der Waals surface area contributed by atoms with Gasteiger partial charge in [0.1, 0.15) is 5.75 Å². The summed E-state index contributed by atoms with van der Waals surface area (Å²) in [6.45, 7) is 1.25. The quantitative estimate of drug-likeness (QED) is 0.729. The summed E-state index contributed by atoms with van der Waals surface area (Å²) < 4.78 is 30.9. The molecule has 0 aliphatic carbocycles. The Kier molecular flexibility index (Phi) is 6.69. The number of rotatable bonds is 8. The lowest BCUT2D eigenvalue weighted by molar-refractivity contribution is -0.116. The van der Waals surface area contributed by atoms with Crippen molar-refractivity contribution < 1.29 is 18.3 Å². The fourth-order valence-corrected chi connectivity index (χ4v) is 2.15. The van der Waals surface area contributed by atoms with Crippen LogP contribution in [0.25, 0.3) is 0 Å². The number of carbonyl (C=O) groups is 1. The molecule has 0 spiro atoms. The van der Waals surface area contributed by atoms with Crippen LogP contribution in [0, 0.1) is 11.6 Å². The van der Waals surface area contributed by atoms with Crippen molar-refractivity contribution in [2.45, 2.75) is 12.8 Å². The summed E-state index contributed by atoms with van der Waals surface area (Å²) in [5, 5.41) is 5.71. The Balaban J connectivity index is 1.64. The predicted molar refractivity (Wildman–Crippen MR) is 89.2 cm³/mol. The molecular formula is C18H20F2N2O2. The predicted octanol–water partition coefficient (Wildman–Crippen LogP) is 3.13. The summed E-state index contributed by atoms with van der Waals surface area (Å²) in [7, 11) is 1.63. The van der Waals surface area contributed by atoms with Crippen LogP contribution >= 0.6 is 0 Å². The summed E-state index contributed by atoms with van der Waals surface area (Å²) >= 11 is 0. The highest BCUT2D eigenvalue weighted by atomic mass is 19.2. The first-order valence-corrected chi connectivity index (χ1v) is 7.67. The average molecular weight is 334 g/mol. The molecule has 0 fully saturated rings. The van der Waals surface area contributed by atoms with Crippen LogP contribution in [0.15, 0.2) is 42.5 Å². The van der Waals surface area contributed by atoms with E-state index < -0.39 is 11.6 Å². The summed E-state index contributed by atoms with van der Waals surface area (Å²) in [5.41, 5.74) is 1.42. The standard InChI is InChI=1S/C18H20F2N2O2/c1-24-15-5-2-13(3-6-15)8-10-21-11-9-18(23)22-14-4-7-16(19)17(20)12-14/h2-7,12,21H,8-11H2,1H3,(H,22,23). The fraction of sp³-hybridized carbons (Fsp3) is 0.278. The highest BCUT2D eigenvalue weighted by molar-refractivity contribution is 5.90. The number of hydrogen-bond acceptors (Lipinski definition) is 3. The summed E-state index contributed by atoms with van der Waals surface area (Å²) in [4.78, 5) is 11.7. The van der Waals surface area contributed by atoms with Crippen molar-refractivity contribution in [3.05, 3.63) is 59.7 Å². The number of amides is 1. The molecule has 2 N–H and O–H groups in total. The van der Waals surface area contributed by atoms with E-state index in [2.05, 4.69) is 10.6 Å². The van der Waals surface area contributed by atoms with E-state index in [-0.39, 0.29) is 18.0 Å². The summed E-state index contributed by atoms with van der Waals surface area (Å²) in [6.07, 6.45) is 1.09. The van der Waals surface area contributed by atoms with E-state index in [4.69, 9.17) is 4.74 Å². The Labute approximate surface area is 139 Å². The molecule has 128 valence electrons. The molecule has 0 bridgehead atoms. The molecule has 0 heterocycles. The van der Waals surface area contributed by atoms with Gasteiger partial charge in [-0.2, -0.15) is 0 Å². The number of hydrogen-bond donors (Lipinski definition) is 2. The first-order valence-electron chi connectivity index (χ1n) is 7.67. The molecule has 6 heteroatoms. The third kappa shape index (κ3) is 5.62. The van der Waals surface area contributed by atoms with Crippen molar-refractivity contribution in [1.82, 2.24) is 5.32 Å². The molecule has 24 heavy (non-hydrogen) atoms. The normalized spacial score (nSPS) is 10.5. The fourth-order valence-electron chi connectivity index (χ4n) is 2.15. The third-order valence-electron chi connectivity index (χ3n) is 3.48. The van der Waals surface area contributed by atoms with Crippen LogP contribution in [0.2, 0.25) is 0 Å². The molecule has 2 aromatic carbocycles. The molecule has 0 aromatic heterocycles. The molecule has 0 unspecified atom stereocenters. The van der Waals surface area contributed by atoms with Crippen molar-refractivity contribution >= 4 is 11.6 Å². The molecule has 2 aromatic rings. The lowest BCUT2D eigenvalue weighted by atomic mass is 10.1. The van der Waals surface area contributed by atoms with Crippen LogP contribution in [0.3, 0.4) is 0 Å². The number of ether oxygens (including phenoxy) is 1. The SMILES string of the molecule is COc1ccc(CCNCCC(=O)Nc2ccc(F)c(F)c2)cc1. The molecule has 0 aliphatic heterocycles. The van der Waals surface area contributed by atoms with E-state index in [1.165, 1.54) is 11.6 Å². The number of anilines is 1. The van der Waals surface area contributed by atoms with E-state index in [0.29, 0.717) is 6.54 Å². The third-order valence-corrected chi connectivity index (χ3v) is 3.48. The highest BCUT2D eigenvalue weighted by Gasteiger charge is 2.06. The van der Waals surface area contributed by atoms with E-state index in [9.17, 15) is 13.6 Å². The minimum Gasteiger partial charge on any atom is -0.497 e. The van der Waals surface area contributed by atoms with Crippen molar-refractivity contribution in [3.8, 4) is 5.75 Å². The van der Waals surface area contributed by atoms with Gasteiger partial charge in [0.25, 0.3) is 0 Å². The summed E-state index contributed by atoms with van der Waals surface area (Å²) in [6, 6.07) is 11.1. The minimum atomic E-state index is -0.981. The molecule has 1 amide bonds. The Morgan fingerprint density at radius 3 is 2.46 bits per heavy atom. The van der Waals surface area contributed by atoms with E-state index in [1.54, 1.807) is 7.11 Å². The first-order chi connectivity index (χ1) is 11.6. The zero-order valence-electron chi connectivity index (χ0n) is 13.4. The monoisotopic (exact) mass is 334 g/mol. The smallest absolute Gasteiger partial charge is 0.225 e. The number of nitrogens with one attached hydrogen (secondary N) is 2. The maximum Gasteiger partial charge on any atom is 0.225 e. The zero-order valence-corrected chi connectivity index (χ0v) is 13.4. The molecule has 0 aliphatic rings.